The van der Waals surface area contributed by atoms with E-state index in [1.807, 2.05) is 13.8 Å². The highest BCUT2D eigenvalue weighted by Crippen LogP contribution is 2.41. The van der Waals surface area contributed by atoms with Gasteiger partial charge in [0.2, 0.25) is 11.9 Å². The average molecular weight is 256 g/mol. The van der Waals surface area contributed by atoms with Gasteiger partial charge in [0.05, 0.1) is 6.61 Å². The Balaban J connectivity index is 1.89. The van der Waals surface area contributed by atoms with Crippen molar-refractivity contribution in [2.45, 2.75) is 51.5 Å². The van der Waals surface area contributed by atoms with Gasteiger partial charge in [-0.1, -0.05) is 0 Å². The van der Waals surface area contributed by atoms with Crippen molar-refractivity contribution in [3.8, 4) is 0 Å². The number of fused-ring (bicyclic) bond motifs is 1. The van der Waals surface area contributed by atoms with E-state index < -0.39 is 29.8 Å². The minimum atomic E-state index is -0.820. The Morgan fingerprint density at radius 1 is 1.06 bits per heavy atom. The largest absolute Gasteiger partial charge is 0.460 e. The van der Waals surface area contributed by atoms with Gasteiger partial charge in [0.15, 0.2) is 17.3 Å². The second kappa shape index (κ2) is 3.46. The first kappa shape index (κ1) is 12.0. The van der Waals surface area contributed by atoms with E-state index in [9.17, 15) is 4.79 Å². The molecule has 0 radical (unpaired) electrons. The van der Waals surface area contributed by atoms with Crippen LogP contribution in [0.2, 0.25) is 0 Å². The Morgan fingerprint density at radius 3 is 2.39 bits per heavy atom. The maximum atomic E-state index is 11.7. The maximum absolute atomic E-state index is 11.7. The number of hydrogen-bond acceptors (Lipinski definition) is 6. The molecule has 2 saturated heterocycles. The minimum Gasteiger partial charge on any atom is -0.460 e. The average Bonchev–Trinajstić information content (AvgIpc) is 2.81. The quantitative estimate of drug-likeness (QED) is 0.654. The van der Waals surface area contributed by atoms with Crippen LogP contribution in [0.4, 0.5) is 0 Å². The van der Waals surface area contributed by atoms with Crippen molar-refractivity contribution in [3.63, 3.8) is 0 Å². The lowest BCUT2D eigenvalue weighted by atomic mass is 10.2. The van der Waals surface area contributed by atoms with Gasteiger partial charge in [-0.2, -0.15) is 0 Å². The molecular weight excluding hydrogens is 240 g/mol. The van der Waals surface area contributed by atoms with Crippen molar-refractivity contribution in [1.82, 2.24) is 0 Å². The van der Waals surface area contributed by atoms with Crippen LogP contribution in [0.25, 0.3) is 0 Å². The zero-order chi connectivity index (χ0) is 13.1. The highest BCUT2D eigenvalue weighted by atomic mass is 16.8. The van der Waals surface area contributed by atoms with E-state index in [1.165, 1.54) is 0 Å². The molecule has 3 heterocycles. The van der Waals surface area contributed by atoms with E-state index in [4.69, 9.17) is 23.7 Å². The Morgan fingerprint density at radius 2 is 1.78 bits per heavy atom. The van der Waals surface area contributed by atoms with Crippen molar-refractivity contribution in [2.75, 3.05) is 6.61 Å². The van der Waals surface area contributed by atoms with Crippen molar-refractivity contribution in [3.05, 3.63) is 11.5 Å². The van der Waals surface area contributed by atoms with E-state index >= 15 is 0 Å². The number of esters is 1. The fraction of sp³-hybridized carbons (Fsp3) is 0.750. The van der Waals surface area contributed by atoms with Crippen molar-refractivity contribution < 1.29 is 28.5 Å². The zero-order valence-electron chi connectivity index (χ0n) is 10.8. The van der Waals surface area contributed by atoms with Crippen molar-refractivity contribution >= 4 is 5.97 Å². The first-order chi connectivity index (χ1) is 8.27. The van der Waals surface area contributed by atoms with Crippen LogP contribution in [0.15, 0.2) is 11.5 Å². The van der Waals surface area contributed by atoms with E-state index in [1.54, 1.807) is 13.8 Å². The summed E-state index contributed by atoms with van der Waals surface area (Å²) in [6.07, 6.45) is -1.20. The van der Waals surface area contributed by atoms with Crippen LogP contribution in [0, 0.1) is 0 Å². The molecule has 0 aromatic heterocycles. The molecule has 100 valence electrons. The second-order valence-corrected chi connectivity index (χ2v) is 5.47. The van der Waals surface area contributed by atoms with E-state index in [0.29, 0.717) is 18.1 Å². The van der Waals surface area contributed by atoms with Crippen LogP contribution >= 0.6 is 0 Å². The molecule has 6 nitrogen and oxygen atoms in total. The first-order valence-corrected chi connectivity index (χ1v) is 5.92. The third-order valence-corrected chi connectivity index (χ3v) is 2.96. The van der Waals surface area contributed by atoms with Gasteiger partial charge in [-0.05, 0) is 13.8 Å². The van der Waals surface area contributed by atoms with E-state index in [0.717, 1.165) is 0 Å². The molecule has 18 heavy (non-hydrogen) atoms. The third-order valence-electron chi connectivity index (χ3n) is 2.96. The molecule has 3 rings (SSSR count). The van der Waals surface area contributed by atoms with Gasteiger partial charge in [0.1, 0.15) is 6.10 Å². The van der Waals surface area contributed by atoms with Crippen molar-refractivity contribution in [1.29, 1.82) is 0 Å². The van der Waals surface area contributed by atoms with Gasteiger partial charge in [-0.15, -0.1) is 0 Å². The summed E-state index contributed by atoms with van der Waals surface area (Å²) in [4.78, 5) is 11.7. The van der Waals surface area contributed by atoms with Gasteiger partial charge in [0, 0.05) is 13.8 Å². The van der Waals surface area contributed by atoms with Crippen LogP contribution in [0.5, 0.6) is 0 Å². The van der Waals surface area contributed by atoms with Crippen LogP contribution < -0.4 is 0 Å². The summed E-state index contributed by atoms with van der Waals surface area (Å²) < 4.78 is 27.4. The van der Waals surface area contributed by atoms with Crippen LogP contribution in [-0.2, 0) is 28.5 Å². The zero-order valence-corrected chi connectivity index (χ0v) is 10.8. The normalized spacial score (nSPS) is 36.6. The number of ether oxygens (including phenoxy) is 5. The molecule has 0 N–H and O–H groups in total. The maximum Gasteiger partial charge on any atom is 0.348 e. The number of cyclic esters (lactones) is 1. The summed E-state index contributed by atoms with van der Waals surface area (Å²) in [6, 6.07) is 0. The van der Waals surface area contributed by atoms with Crippen LogP contribution in [0.1, 0.15) is 27.7 Å². The lowest BCUT2D eigenvalue weighted by molar-refractivity contribution is -0.172. The van der Waals surface area contributed by atoms with Gasteiger partial charge in [-0.3, -0.25) is 0 Å². The SMILES string of the molecule is CC1(C)OCC(C2=C3OC(C)(C)OC3C(=O)O2)O1. The van der Waals surface area contributed by atoms with E-state index in [2.05, 4.69) is 0 Å². The van der Waals surface area contributed by atoms with Gasteiger partial charge in [-0.25, -0.2) is 4.79 Å². The fourth-order valence-corrected chi connectivity index (χ4v) is 2.27. The van der Waals surface area contributed by atoms with Crippen molar-refractivity contribution in [2.24, 2.45) is 0 Å². The molecule has 0 amide bonds. The van der Waals surface area contributed by atoms with Gasteiger partial charge in [0.25, 0.3) is 0 Å². The number of carbonyl (C=O) groups is 1. The third kappa shape index (κ3) is 1.81. The summed E-state index contributed by atoms with van der Waals surface area (Å²) in [6.45, 7) is 7.44. The van der Waals surface area contributed by atoms with E-state index in [-0.39, 0.29) is 0 Å². The fourth-order valence-electron chi connectivity index (χ4n) is 2.27. The first-order valence-electron chi connectivity index (χ1n) is 5.92. The Labute approximate surface area is 105 Å². The molecule has 2 unspecified atom stereocenters. The lowest BCUT2D eigenvalue weighted by Crippen LogP contribution is -2.27. The highest BCUT2D eigenvalue weighted by Gasteiger charge is 2.53. The molecule has 6 heteroatoms. The molecule has 0 aliphatic carbocycles. The van der Waals surface area contributed by atoms with Crippen LogP contribution in [-0.4, -0.2) is 36.4 Å². The minimum absolute atomic E-state index is 0.329. The van der Waals surface area contributed by atoms with Gasteiger partial charge >= 0.3 is 5.97 Å². The molecular formula is C12H16O6. The molecule has 0 saturated carbocycles. The Kier molecular flexibility index (Phi) is 2.30. The lowest BCUT2D eigenvalue weighted by Gasteiger charge is -2.19. The smallest absolute Gasteiger partial charge is 0.348 e. The van der Waals surface area contributed by atoms with Crippen LogP contribution in [0.3, 0.4) is 0 Å². The molecule has 0 aromatic rings. The number of hydrogen-bond donors (Lipinski definition) is 0. The molecule has 0 aromatic carbocycles. The predicted molar refractivity (Wildman–Crippen MR) is 58.1 cm³/mol. The summed E-state index contributed by atoms with van der Waals surface area (Å²) in [5.74, 6) is -1.17. The van der Waals surface area contributed by atoms with Gasteiger partial charge < -0.3 is 23.7 Å². The standard InChI is InChI=1S/C12H16O6/c1-11(2)14-5-6(16-11)7-8-9(10(13)15-7)18-12(3,4)17-8/h6,9H,5H2,1-4H3. The molecule has 3 aliphatic rings. The monoisotopic (exact) mass is 256 g/mol. The molecule has 0 spiro atoms. The Hall–Kier alpha value is -1.11. The number of carbonyl (C=O) groups excluding carboxylic acids is 1. The molecule has 3 aliphatic heterocycles. The summed E-state index contributed by atoms with van der Waals surface area (Å²) in [5.41, 5.74) is 0. The Bertz CT molecular complexity index is 436. The molecule has 0 bridgehead atoms. The molecule has 2 fully saturated rings. The summed E-state index contributed by atoms with van der Waals surface area (Å²) in [7, 11) is 0. The predicted octanol–water partition coefficient (Wildman–Crippen LogP) is 1.06. The topological polar surface area (TPSA) is 63.2 Å². The summed E-state index contributed by atoms with van der Waals surface area (Å²) >= 11 is 0. The number of rotatable bonds is 1. The highest BCUT2D eigenvalue weighted by molar-refractivity contribution is 5.82. The second-order valence-electron chi connectivity index (χ2n) is 5.47. The summed E-state index contributed by atoms with van der Waals surface area (Å²) in [5, 5.41) is 0. The molecule has 2 atom stereocenters.